The summed E-state index contributed by atoms with van der Waals surface area (Å²) in [5, 5.41) is 11.0. The van der Waals surface area contributed by atoms with E-state index in [1.165, 1.54) is 11.0 Å². The van der Waals surface area contributed by atoms with Crippen molar-refractivity contribution in [3.8, 4) is 5.75 Å². The number of hydrogen-bond acceptors (Lipinski definition) is 5. The molecule has 4 aliphatic rings. The third kappa shape index (κ3) is 3.65. The van der Waals surface area contributed by atoms with Crippen LogP contribution < -0.4 is 0 Å². The monoisotopic (exact) mass is 694 g/mol. The number of amides is 4. The summed E-state index contributed by atoms with van der Waals surface area (Å²) in [6.45, 7) is 0.143. The number of benzene rings is 2. The van der Waals surface area contributed by atoms with Crippen molar-refractivity contribution in [2.75, 3.05) is 5.45 Å². The Morgan fingerprint density at radius 3 is 2.36 bits per heavy atom. The van der Waals surface area contributed by atoms with E-state index in [1.807, 2.05) is 36.4 Å². The van der Waals surface area contributed by atoms with Gasteiger partial charge in [0.15, 0.2) is 9.75 Å². The summed E-state index contributed by atoms with van der Waals surface area (Å²) >= 11 is 21.0. The van der Waals surface area contributed by atoms with Gasteiger partial charge in [-0.15, -0.1) is 23.2 Å². The van der Waals surface area contributed by atoms with Gasteiger partial charge in [0.2, 0.25) is 11.8 Å². The van der Waals surface area contributed by atoms with Crippen LogP contribution in [0.4, 0.5) is 0 Å². The van der Waals surface area contributed by atoms with Crippen LogP contribution in [-0.4, -0.2) is 53.7 Å². The second kappa shape index (κ2) is 9.43. The number of halogens is 4. The average molecular weight is 697 g/mol. The zero-order valence-electron chi connectivity index (χ0n) is 20.3. The molecule has 2 saturated heterocycles. The number of fused-ring (bicyclic) bond motifs is 4. The molecule has 2 aliphatic heterocycles. The van der Waals surface area contributed by atoms with Gasteiger partial charge in [-0.05, 0) is 42.5 Å². The molecule has 1 N–H and O–H groups in total. The first-order valence-corrected chi connectivity index (χ1v) is 15.1. The quantitative estimate of drug-likeness (QED) is 0.209. The molecule has 2 heterocycles. The van der Waals surface area contributed by atoms with Gasteiger partial charge < -0.3 is 5.11 Å². The molecule has 2 aromatic carbocycles. The number of carbonyl (C=O) groups is 4. The van der Waals surface area contributed by atoms with Gasteiger partial charge in [-0.3, -0.25) is 29.0 Å². The first kappa shape index (κ1) is 27.0. The van der Waals surface area contributed by atoms with Crippen molar-refractivity contribution in [3.05, 3.63) is 75.8 Å². The smallest absolute Gasteiger partial charge is 0.254 e. The Morgan fingerprint density at radius 2 is 1.67 bits per heavy atom. The molecule has 4 amide bonds. The van der Waals surface area contributed by atoms with Crippen LogP contribution in [0.15, 0.2) is 64.7 Å². The van der Waals surface area contributed by atoms with Gasteiger partial charge in [0.25, 0.3) is 11.8 Å². The Kier molecular flexibility index (Phi) is 6.53. The molecule has 2 aromatic rings. The molecular weight excluding hydrogens is 675 g/mol. The Labute approximate surface area is 251 Å². The van der Waals surface area contributed by atoms with Crippen LogP contribution >= 0.6 is 55.1 Å². The number of imide groups is 2. The van der Waals surface area contributed by atoms with Crippen LogP contribution in [0.3, 0.4) is 0 Å². The van der Waals surface area contributed by atoms with Gasteiger partial charge in [-0.25, -0.2) is 0 Å². The maximum absolute atomic E-state index is 13.9. The second-order valence-electron chi connectivity index (χ2n) is 10.4. The molecular formula is C28H22Br2Cl2N2O5. The summed E-state index contributed by atoms with van der Waals surface area (Å²) in [5.74, 6) is -5.10. The Hall–Kier alpha value is -2.20. The maximum Gasteiger partial charge on any atom is 0.254 e. The summed E-state index contributed by atoms with van der Waals surface area (Å²) in [7, 11) is 0. The van der Waals surface area contributed by atoms with E-state index < -0.39 is 45.2 Å². The molecule has 0 spiro atoms. The molecule has 0 bridgehead atoms. The molecule has 7 nitrogen and oxygen atoms in total. The summed E-state index contributed by atoms with van der Waals surface area (Å²) in [4.78, 5) is 53.2. The highest BCUT2D eigenvalue weighted by atomic mass is 79.9. The highest BCUT2D eigenvalue weighted by molar-refractivity contribution is 9.10. The third-order valence-corrected chi connectivity index (χ3v) is 11.0. The molecule has 202 valence electrons. The van der Waals surface area contributed by atoms with E-state index in [-0.39, 0.29) is 42.4 Å². The van der Waals surface area contributed by atoms with Crippen molar-refractivity contribution in [2.45, 2.75) is 35.1 Å². The Morgan fingerprint density at radius 1 is 0.949 bits per heavy atom. The normalized spacial score (nSPS) is 33.7. The highest BCUT2D eigenvalue weighted by Gasteiger charge is 2.76. The van der Waals surface area contributed by atoms with Crippen molar-refractivity contribution < 1.29 is 24.3 Å². The van der Waals surface area contributed by atoms with Gasteiger partial charge in [-0.2, -0.15) is 0 Å². The lowest BCUT2D eigenvalue weighted by Crippen LogP contribution is -2.60. The number of phenolic OH excluding ortho intramolecular Hbond substituents is 1. The second-order valence-corrected chi connectivity index (χ2v) is 13.1. The fourth-order valence-corrected chi connectivity index (χ4v) is 8.64. The molecule has 39 heavy (non-hydrogen) atoms. The summed E-state index contributed by atoms with van der Waals surface area (Å²) in [6.07, 6.45) is 2.02. The fourth-order valence-electron chi connectivity index (χ4n) is 6.84. The van der Waals surface area contributed by atoms with Crippen molar-refractivity contribution >= 4 is 78.7 Å². The molecule has 11 heteroatoms. The van der Waals surface area contributed by atoms with Crippen LogP contribution in [0.5, 0.6) is 5.75 Å². The lowest BCUT2D eigenvalue weighted by Gasteiger charge is -2.50. The van der Waals surface area contributed by atoms with Gasteiger partial charge in [0.05, 0.1) is 23.8 Å². The minimum absolute atomic E-state index is 0.0947. The average Bonchev–Trinajstić information content (AvgIpc) is 3.24. The van der Waals surface area contributed by atoms with E-state index in [2.05, 4.69) is 31.9 Å². The number of aromatic hydroxyl groups is 1. The van der Waals surface area contributed by atoms with Crippen LogP contribution in [-0.2, 0) is 25.7 Å². The Bertz CT molecular complexity index is 1470. The summed E-state index contributed by atoms with van der Waals surface area (Å²) in [5.41, 5.74) is 1.67. The van der Waals surface area contributed by atoms with E-state index in [0.717, 1.165) is 10.5 Å². The predicted octanol–water partition coefficient (Wildman–Crippen LogP) is 5.07. The first-order valence-electron chi connectivity index (χ1n) is 12.4. The van der Waals surface area contributed by atoms with Crippen LogP contribution in [0, 0.1) is 17.8 Å². The predicted molar refractivity (Wildman–Crippen MR) is 151 cm³/mol. The van der Waals surface area contributed by atoms with Gasteiger partial charge in [-0.1, -0.05) is 73.8 Å². The molecule has 0 aromatic heterocycles. The number of likely N-dealkylation sites (tertiary alicyclic amines) is 2. The number of rotatable bonds is 4. The molecule has 3 fully saturated rings. The lowest BCUT2D eigenvalue weighted by atomic mass is 9.56. The van der Waals surface area contributed by atoms with Crippen LogP contribution in [0.25, 0.3) is 0 Å². The minimum Gasteiger partial charge on any atom is -0.508 e. The first-order chi connectivity index (χ1) is 18.5. The number of alkyl halides is 3. The van der Waals surface area contributed by atoms with Crippen LogP contribution in [0.2, 0.25) is 0 Å². The fraction of sp³-hybridized carbons (Fsp3) is 0.357. The number of phenols is 1. The number of nitrogens with zero attached hydrogens (tertiary/aromatic N) is 2. The third-order valence-electron chi connectivity index (χ3n) is 8.59. The summed E-state index contributed by atoms with van der Waals surface area (Å²) < 4.78 is 0.627. The van der Waals surface area contributed by atoms with E-state index in [1.54, 1.807) is 12.1 Å². The largest absolute Gasteiger partial charge is 0.508 e. The van der Waals surface area contributed by atoms with Crippen molar-refractivity contribution in [1.82, 2.24) is 9.80 Å². The number of hydrogen-bond donors (Lipinski definition) is 1. The highest BCUT2D eigenvalue weighted by Crippen LogP contribution is 2.66. The SMILES string of the molecule is O=C1C2CC=C3C(CC4(Cl)C(=O)N(CBr)C(=O)C4(Cl)C3c3cc(Br)ccc3O)C2C(=O)N1Cc1ccccc1. The van der Waals surface area contributed by atoms with E-state index >= 15 is 0 Å². The number of carbonyl (C=O) groups excluding carboxylic acids is 4. The van der Waals surface area contributed by atoms with E-state index in [9.17, 15) is 24.3 Å². The molecule has 2 aliphatic carbocycles. The van der Waals surface area contributed by atoms with Crippen molar-refractivity contribution in [3.63, 3.8) is 0 Å². The Balaban J connectivity index is 1.50. The van der Waals surface area contributed by atoms with E-state index in [4.69, 9.17) is 23.2 Å². The van der Waals surface area contributed by atoms with Gasteiger partial charge in [0.1, 0.15) is 5.75 Å². The zero-order valence-corrected chi connectivity index (χ0v) is 25.0. The molecule has 6 unspecified atom stereocenters. The van der Waals surface area contributed by atoms with Gasteiger partial charge in [0, 0.05) is 16.0 Å². The summed E-state index contributed by atoms with van der Waals surface area (Å²) in [6, 6.07) is 14.0. The topological polar surface area (TPSA) is 95.0 Å². The number of allylic oxidation sites excluding steroid dienone is 2. The molecule has 6 atom stereocenters. The van der Waals surface area contributed by atoms with Crippen molar-refractivity contribution in [2.24, 2.45) is 17.8 Å². The molecule has 1 saturated carbocycles. The molecule has 0 radical (unpaired) electrons. The minimum atomic E-state index is -1.96. The zero-order chi connectivity index (χ0) is 27.9. The lowest BCUT2D eigenvalue weighted by molar-refractivity contribution is -0.141. The van der Waals surface area contributed by atoms with E-state index in [0.29, 0.717) is 15.6 Å². The van der Waals surface area contributed by atoms with Crippen molar-refractivity contribution in [1.29, 1.82) is 0 Å². The van der Waals surface area contributed by atoms with Gasteiger partial charge >= 0.3 is 0 Å². The standard InChI is InChI=1S/C28H22Br2Cl2N2O5/c29-13-34-25(38)27(31)11-19-16(22(28(27,32)26(34)39)18-10-15(30)6-9-20(18)35)7-8-17-21(19)24(37)33(23(17)36)12-14-4-2-1-3-5-14/h1-7,9-10,17,19,21-22,35H,8,11-13H2. The molecule has 6 rings (SSSR count). The van der Waals surface area contributed by atoms with Crippen LogP contribution in [0.1, 0.15) is 29.9 Å². The maximum atomic E-state index is 13.9.